The number of benzene rings is 1. The third kappa shape index (κ3) is 2.67. The Hall–Kier alpha value is -1.14. The summed E-state index contributed by atoms with van der Waals surface area (Å²) < 4.78 is 28.1. The van der Waals surface area contributed by atoms with Gasteiger partial charge in [0.1, 0.15) is 18.0 Å². The molecule has 2 aliphatic rings. The molecule has 3 unspecified atom stereocenters. The summed E-state index contributed by atoms with van der Waals surface area (Å²) in [4.78, 5) is 0. The molecule has 110 valence electrons. The van der Waals surface area contributed by atoms with E-state index in [-0.39, 0.29) is 24.6 Å². The maximum atomic E-state index is 6.04. The van der Waals surface area contributed by atoms with Crippen LogP contribution in [0.1, 0.15) is 18.3 Å². The first-order valence-electron chi connectivity index (χ1n) is 6.87. The second kappa shape index (κ2) is 6.10. The van der Waals surface area contributed by atoms with Gasteiger partial charge in [0.25, 0.3) is 0 Å². The monoisotopic (exact) mass is 280 g/mol. The normalized spacial score (nSPS) is 33.5. The van der Waals surface area contributed by atoms with Gasteiger partial charge < -0.3 is 23.7 Å². The first kappa shape index (κ1) is 13.8. The minimum atomic E-state index is -0.374. The highest BCUT2D eigenvalue weighted by atomic mass is 16.7. The molecule has 5 nitrogen and oxygen atoms in total. The van der Waals surface area contributed by atoms with Crippen LogP contribution in [0.5, 0.6) is 5.75 Å². The molecule has 5 heteroatoms. The maximum Gasteiger partial charge on any atom is 0.184 e. The number of fused-ring (bicyclic) bond motifs is 1. The molecule has 2 saturated heterocycles. The fourth-order valence-electron chi connectivity index (χ4n) is 2.70. The Morgan fingerprint density at radius 2 is 1.90 bits per heavy atom. The van der Waals surface area contributed by atoms with E-state index in [4.69, 9.17) is 23.7 Å². The van der Waals surface area contributed by atoms with Crippen LogP contribution < -0.4 is 4.74 Å². The average Bonchev–Trinajstić information content (AvgIpc) is 2.54. The molecule has 0 N–H and O–H groups in total. The van der Waals surface area contributed by atoms with Gasteiger partial charge in [-0.25, -0.2) is 0 Å². The first-order valence-corrected chi connectivity index (χ1v) is 6.87. The lowest BCUT2D eigenvalue weighted by molar-refractivity contribution is -0.301. The molecule has 3 rings (SSSR count). The Morgan fingerprint density at radius 3 is 2.60 bits per heavy atom. The van der Waals surface area contributed by atoms with Crippen LogP contribution in [0, 0.1) is 0 Å². The van der Waals surface area contributed by atoms with E-state index in [1.54, 1.807) is 14.2 Å². The van der Waals surface area contributed by atoms with Gasteiger partial charge >= 0.3 is 0 Å². The lowest BCUT2D eigenvalue weighted by Gasteiger charge is -2.42. The molecule has 2 heterocycles. The number of rotatable bonds is 3. The van der Waals surface area contributed by atoms with E-state index < -0.39 is 0 Å². The zero-order chi connectivity index (χ0) is 13.9. The van der Waals surface area contributed by atoms with Gasteiger partial charge in [-0.15, -0.1) is 0 Å². The highest BCUT2D eigenvalue weighted by Gasteiger charge is 2.41. The predicted molar refractivity (Wildman–Crippen MR) is 71.7 cm³/mol. The minimum Gasteiger partial charge on any atom is -0.497 e. The molecule has 4 atom stereocenters. The van der Waals surface area contributed by atoms with Crippen LogP contribution in [0.25, 0.3) is 0 Å². The van der Waals surface area contributed by atoms with E-state index in [1.165, 1.54) is 0 Å². The van der Waals surface area contributed by atoms with Gasteiger partial charge in [0.15, 0.2) is 6.29 Å². The molecule has 2 aliphatic heterocycles. The van der Waals surface area contributed by atoms with E-state index in [2.05, 4.69) is 0 Å². The first-order chi connectivity index (χ1) is 9.81. The summed E-state index contributed by atoms with van der Waals surface area (Å²) in [5.74, 6) is 0.818. The van der Waals surface area contributed by atoms with Crippen molar-refractivity contribution >= 4 is 0 Å². The molecule has 0 bridgehead atoms. The summed E-state index contributed by atoms with van der Waals surface area (Å²) in [5.41, 5.74) is 0.977. The largest absolute Gasteiger partial charge is 0.497 e. The summed E-state index contributed by atoms with van der Waals surface area (Å²) in [6.45, 7) is 1.22. The van der Waals surface area contributed by atoms with Crippen LogP contribution in [0.3, 0.4) is 0 Å². The Morgan fingerprint density at radius 1 is 1.10 bits per heavy atom. The molecule has 1 aromatic rings. The molecule has 0 aliphatic carbocycles. The second-order valence-electron chi connectivity index (χ2n) is 5.01. The third-order valence-corrected chi connectivity index (χ3v) is 3.85. The predicted octanol–water partition coefficient (Wildman–Crippen LogP) is 1.91. The van der Waals surface area contributed by atoms with Crippen molar-refractivity contribution in [1.82, 2.24) is 0 Å². The fourth-order valence-corrected chi connectivity index (χ4v) is 2.70. The van der Waals surface area contributed by atoms with E-state index in [0.29, 0.717) is 13.2 Å². The van der Waals surface area contributed by atoms with E-state index >= 15 is 0 Å². The fraction of sp³-hybridized carbons (Fsp3) is 0.600. The van der Waals surface area contributed by atoms with Gasteiger partial charge in [0.2, 0.25) is 0 Å². The Balaban J connectivity index is 1.72. The number of hydrogen-bond acceptors (Lipinski definition) is 5. The quantitative estimate of drug-likeness (QED) is 0.846. The molecule has 0 aromatic heterocycles. The van der Waals surface area contributed by atoms with Gasteiger partial charge in [-0.1, -0.05) is 12.1 Å². The summed E-state index contributed by atoms with van der Waals surface area (Å²) in [6, 6.07) is 7.71. The number of ether oxygens (including phenoxy) is 5. The van der Waals surface area contributed by atoms with Gasteiger partial charge in [-0.3, -0.25) is 0 Å². The maximum absolute atomic E-state index is 6.04. The zero-order valence-corrected chi connectivity index (χ0v) is 11.8. The van der Waals surface area contributed by atoms with Crippen molar-refractivity contribution in [3.63, 3.8) is 0 Å². The summed E-state index contributed by atoms with van der Waals surface area (Å²) in [6.07, 6.45) is 0.435. The van der Waals surface area contributed by atoms with Crippen LogP contribution in [0.2, 0.25) is 0 Å². The third-order valence-electron chi connectivity index (χ3n) is 3.85. The van der Waals surface area contributed by atoms with E-state index in [1.807, 2.05) is 24.3 Å². The topological polar surface area (TPSA) is 46.2 Å². The van der Waals surface area contributed by atoms with Crippen LogP contribution in [0.4, 0.5) is 0 Å². The highest BCUT2D eigenvalue weighted by molar-refractivity contribution is 5.28. The second-order valence-corrected chi connectivity index (χ2v) is 5.01. The molecular formula is C15H20O5. The van der Waals surface area contributed by atoms with Crippen molar-refractivity contribution in [2.24, 2.45) is 0 Å². The Labute approximate surface area is 118 Å². The van der Waals surface area contributed by atoms with Crippen molar-refractivity contribution in [1.29, 1.82) is 0 Å². The molecule has 0 saturated carbocycles. The molecule has 0 amide bonds. The molecule has 20 heavy (non-hydrogen) atoms. The van der Waals surface area contributed by atoms with Gasteiger partial charge in [0, 0.05) is 19.3 Å². The zero-order valence-electron chi connectivity index (χ0n) is 11.8. The SMILES string of the molecule is COc1ccc(C2OCC3OCCC(OC)[C@@H]3O2)cc1. The van der Waals surface area contributed by atoms with Gasteiger partial charge in [-0.05, 0) is 18.6 Å². The standard InChI is InChI=1S/C15H20O5/c1-16-11-5-3-10(4-6-11)15-19-9-13-14(20-15)12(17-2)7-8-18-13/h3-6,12-15H,7-9H2,1-2H3/t12?,13?,14-,15?/m0/s1. The van der Waals surface area contributed by atoms with Crippen LogP contribution >= 0.6 is 0 Å². The number of hydrogen-bond donors (Lipinski definition) is 0. The van der Waals surface area contributed by atoms with Crippen molar-refractivity contribution in [3.8, 4) is 5.75 Å². The van der Waals surface area contributed by atoms with Crippen LogP contribution in [-0.4, -0.2) is 45.7 Å². The minimum absolute atomic E-state index is 0.0387. The molecule has 0 spiro atoms. The molecular weight excluding hydrogens is 260 g/mol. The lowest BCUT2D eigenvalue weighted by atomic mass is 10.0. The lowest BCUT2D eigenvalue weighted by Crippen LogP contribution is -2.52. The molecule has 1 aromatic carbocycles. The van der Waals surface area contributed by atoms with Crippen molar-refractivity contribution in [2.75, 3.05) is 27.4 Å². The van der Waals surface area contributed by atoms with E-state index in [9.17, 15) is 0 Å². The van der Waals surface area contributed by atoms with Crippen LogP contribution in [0.15, 0.2) is 24.3 Å². The molecule has 2 fully saturated rings. The van der Waals surface area contributed by atoms with Crippen molar-refractivity contribution in [3.05, 3.63) is 29.8 Å². The smallest absolute Gasteiger partial charge is 0.184 e. The average molecular weight is 280 g/mol. The Kier molecular flexibility index (Phi) is 4.21. The van der Waals surface area contributed by atoms with Gasteiger partial charge in [-0.2, -0.15) is 0 Å². The van der Waals surface area contributed by atoms with Crippen LogP contribution in [-0.2, 0) is 18.9 Å². The molecule has 0 radical (unpaired) electrons. The Bertz CT molecular complexity index is 426. The van der Waals surface area contributed by atoms with Gasteiger partial charge in [0.05, 0.1) is 19.8 Å². The highest BCUT2D eigenvalue weighted by Crippen LogP contribution is 2.33. The summed E-state index contributed by atoms with van der Waals surface area (Å²) >= 11 is 0. The summed E-state index contributed by atoms with van der Waals surface area (Å²) in [7, 11) is 3.37. The van der Waals surface area contributed by atoms with Crippen molar-refractivity contribution in [2.45, 2.75) is 31.0 Å². The van der Waals surface area contributed by atoms with Crippen molar-refractivity contribution < 1.29 is 23.7 Å². The van der Waals surface area contributed by atoms with E-state index in [0.717, 1.165) is 17.7 Å². The summed E-state index contributed by atoms with van der Waals surface area (Å²) in [5, 5.41) is 0. The number of methoxy groups -OCH3 is 2.